The van der Waals surface area contributed by atoms with Gasteiger partial charge in [0.25, 0.3) is 0 Å². The molecule has 0 fully saturated rings. The summed E-state index contributed by atoms with van der Waals surface area (Å²) in [6.45, 7) is 0. The molecule has 74 valence electrons. The van der Waals surface area contributed by atoms with Crippen LogP contribution < -0.4 is 16.4 Å². The molecule has 1 heterocycles. The fourth-order valence-corrected chi connectivity index (χ4v) is 3.26. The van der Waals surface area contributed by atoms with Crippen LogP contribution in [0.15, 0.2) is 29.2 Å². The Morgan fingerprint density at radius 2 is 1.29 bits per heavy atom. The number of benzene rings is 2. The third kappa shape index (κ3) is 1.72. The molecule has 0 amide bonds. The van der Waals surface area contributed by atoms with Crippen LogP contribution in [0, 0.1) is 0 Å². The number of hydrogen-bond donors (Lipinski definition) is 1. The summed E-state index contributed by atoms with van der Waals surface area (Å²) in [6.07, 6.45) is 0. The summed E-state index contributed by atoms with van der Waals surface area (Å²) in [6, 6.07) is 7.73. The van der Waals surface area contributed by atoms with E-state index in [1.54, 1.807) is 11.3 Å². The Bertz CT molecular complexity index is 684. The Morgan fingerprint density at radius 1 is 0.765 bits per heavy atom. The summed E-state index contributed by atoms with van der Waals surface area (Å²) in [5.41, 5.74) is 1.91. The van der Waals surface area contributed by atoms with Crippen molar-refractivity contribution in [3.63, 3.8) is 0 Å². The van der Waals surface area contributed by atoms with E-state index in [9.17, 15) is 0 Å². The minimum Gasteiger partial charge on any atom is -0.144 e. The van der Waals surface area contributed by atoms with Gasteiger partial charge in [-0.25, -0.2) is 0 Å². The average molecular weight is 246 g/mol. The van der Waals surface area contributed by atoms with Crippen LogP contribution in [0.1, 0.15) is 0 Å². The van der Waals surface area contributed by atoms with Crippen LogP contribution in [-0.4, -0.2) is 23.5 Å². The Balaban J connectivity index is 2.51. The van der Waals surface area contributed by atoms with Crippen LogP contribution in [0.25, 0.3) is 20.2 Å². The maximum absolute atomic E-state index is 5.85. The molecular formula is C12H5B3S2. The molecule has 0 aliphatic rings. The first-order valence-electron chi connectivity index (χ1n) is 5.06. The molecule has 3 rings (SSSR count). The number of thiophene rings is 1. The molecular weight excluding hydrogens is 241 g/mol. The molecule has 6 radical (unpaired) electrons. The Kier molecular flexibility index (Phi) is 2.56. The Hall–Kier alpha value is -0.795. The highest BCUT2D eigenvalue weighted by Gasteiger charge is 2.07. The number of thiol groups is 1. The SMILES string of the molecule is [B]c1cc2sc3cc([B])c(S)cc3c2cc1[B]. The van der Waals surface area contributed by atoms with Gasteiger partial charge in [-0.1, -0.05) is 23.7 Å². The molecule has 0 atom stereocenters. The number of rotatable bonds is 0. The zero-order valence-corrected chi connectivity index (χ0v) is 10.6. The quantitative estimate of drug-likeness (QED) is 0.438. The molecule has 0 bridgehead atoms. The highest BCUT2D eigenvalue weighted by Crippen LogP contribution is 2.33. The Morgan fingerprint density at radius 3 is 2.00 bits per heavy atom. The first-order chi connectivity index (χ1) is 8.06. The maximum atomic E-state index is 5.85. The van der Waals surface area contributed by atoms with E-state index in [1.807, 2.05) is 24.3 Å². The predicted octanol–water partition coefficient (Wildman–Crippen LogP) is 0.725. The van der Waals surface area contributed by atoms with Crippen molar-refractivity contribution in [1.82, 2.24) is 0 Å². The van der Waals surface area contributed by atoms with Crippen LogP contribution >= 0.6 is 24.0 Å². The van der Waals surface area contributed by atoms with Crippen LogP contribution in [0.5, 0.6) is 0 Å². The van der Waals surface area contributed by atoms with Crippen LogP contribution in [0.3, 0.4) is 0 Å². The molecule has 1 aromatic heterocycles. The van der Waals surface area contributed by atoms with Crippen LogP contribution in [-0.2, 0) is 0 Å². The molecule has 2 aromatic carbocycles. The normalized spacial score (nSPS) is 11.4. The van der Waals surface area contributed by atoms with Crippen molar-refractivity contribution < 1.29 is 0 Å². The molecule has 17 heavy (non-hydrogen) atoms. The van der Waals surface area contributed by atoms with E-state index in [0.717, 1.165) is 25.1 Å². The van der Waals surface area contributed by atoms with Crippen molar-refractivity contribution >= 4 is 84.1 Å². The molecule has 0 saturated carbocycles. The smallest absolute Gasteiger partial charge is 0.115 e. The van der Waals surface area contributed by atoms with Gasteiger partial charge in [-0.15, -0.1) is 34.9 Å². The third-order valence-corrected chi connectivity index (χ3v) is 4.33. The minimum absolute atomic E-state index is 0.606. The predicted molar refractivity (Wildman–Crippen MR) is 82.7 cm³/mol. The molecule has 0 unspecified atom stereocenters. The summed E-state index contributed by atoms with van der Waals surface area (Å²) in [4.78, 5) is 0.785. The van der Waals surface area contributed by atoms with E-state index in [-0.39, 0.29) is 0 Å². The van der Waals surface area contributed by atoms with Gasteiger partial charge in [0.15, 0.2) is 0 Å². The lowest BCUT2D eigenvalue weighted by molar-refractivity contribution is 1.62. The summed E-state index contributed by atoms with van der Waals surface area (Å²) in [7, 11) is 17.5. The second-order valence-electron chi connectivity index (χ2n) is 3.99. The topological polar surface area (TPSA) is 0 Å². The van der Waals surface area contributed by atoms with Crippen molar-refractivity contribution in [2.45, 2.75) is 4.90 Å². The van der Waals surface area contributed by atoms with Gasteiger partial charge in [0.05, 0.1) is 0 Å². The molecule has 0 spiro atoms. The van der Waals surface area contributed by atoms with E-state index < -0.39 is 0 Å². The first kappa shape index (κ1) is 11.3. The molecule has 0 N–H and O–H groups in total. The molecule has 5 heteroatoms. The second kappa shape index (κ2) is 3.86. The van der Waals surface area contributed by atoms with Crippen LogP contribution in [0.4, 0.5) is 0 Å². The lowest BCUT2D eigenvalue weighted by Gasteiger charge is -2.02. The second-order valence-corrected chi connectivity index (χ2v) is 5.55. The minimum atomic E-state index is 0.606. The number of fused-ring (bicyclic) bond motifs is 3. The van der Waals surface area contributed by atoms with Gasteiger partial charge >= 0.3 is 0 Å². The van der Waals surface area contributed by atoms with Gasteiger partial charge in [0.1, 0.15) is 23.5 Å². The lowest BCUT2D eigenvalue weighted by atomic mass is 9.80. The summed E-state index contributed by atoms with van der Waals surface area (Å²) in [5, 5.41) is 2.22. The van der Waals surface area contributed by atoms with Gasteiger partial charge in [-0.3, -0.25) is 0 Å². The fourth-order valence-electron chi connectivity index (χ4n) is 1.90. The van der Waals surface area contributed by atoms with Gasteiger partial charge in [0, 0.05) is 14.8 Å². The molecule has 0 saturated heterocycles. The largest absolute Gasteiger partial charge is 0.144 e. The van der Waals surface area contributed by atoms with Crippen molar-refractivity contribution in [3.05, 3.63) is 24.3 Å². The van der Waals surface area contributed by atoms with E-state index in [2.05, 4.69) is 12.6 Å². The lowest BCUT2D eigenvalue weighted by Crippen LogP contribution is -2.24. The average Bonchev–Trinajstić information content (AvgIpc) is 2.58. The maximum Gasteiger partial charge on any atom is 0.115 e. The molecule has 3 aromatic rings. The highest BCUT2D eigenvalue weighted by atomic mass is 32.1. The molecule has 0 aliphatic heterocycles. The highest BCUT2D eigenvalue weighted by molar-refractivity contribution is 7.80. The van der Waals surface area contributed by atoms with Gasteiger partial charge in [-0.05, 0) is 16.3 Å². The standard InChI is InChI=1S/C12H5B3S2/c13-7-1-5-6-2-10(16)9(15)4-12(6)17-11(5)3-8(7)14/h1-4,16H. The Labute approximate surface area is 113 Å². The zero-order chi connectivity index (χ0) is 12.2. The van der Waals surface area contributed by atoms with Crippen LogP contribution in [0.2, 0.25) is 0 Å². The van der Waals surface area contributed by atoms with E-state index >= 15 is 0 Å². The summed E-state index contributed by atoms with van der Waals surface area (Å²) < 4.78 is 2.24. The number of hydrogen-bond acceptors (Lipinski definition) is 2. The summed E-state index contributed by atoms with van der Waals surface area (Å²) in [5.74, 6) is 0. The fraction of sp³-hybridized carbons (Fsp3) is 0. The first-order valence-corrected chi connectivity index (χ1v) is 6.32. The third-order valence-electron chi connectivity index (χ3n) is 2.82. The van der Waals surface area contributed by atoms with Crippen molar-refractivity contribution in [1.29, 1.82) is 0 Å². The monoisotopic (exact) mass is 246 g/mol. The molecule has 0 aliphatic carbocycles. The van der Waals surface area contributed by atoms with Crippen molar-refractivity contribution in [3.8, 4) is 0 Å². The van der Waals surface area contributed by atoms with E-state index in [4.69, 9.17) is 23.5 Å². The van der Waals surface area contributed by atoms with Gasteiger partial charge in [-0.2, -0.15) is 0 Å². The zero-order valence-electron chi connectivity index (χ0n) is 8.90. The van der Waals surface area contributed by atoms with Gasteiger partial charge < -0.3 is 0 Å². The van der Waals surface area contributed by atoms with E-state index in [1.165, 1.54) is 0 Å². The van der Waals surface area contributed by atoms with Gasteiger partial charge in [0.2, 0.25) is 0 Å². The molecule has 0 nitrogen and oxygen atoms in total. The van der Waals surface area contributed by atoms with Crippen molar-refractivity contribution in [2.24, 2.45) is 0 Å². The summed E-state index contributed by atoms with van der Waals surface area (Å²) >= 11 is 6.00. The van der Waals surface area contributed by atoms with E-state index in [0.29, 0.717) is 16.4 Å². The van der Waals surface area contributed by atoms with Crippen molar-refractivity contribution in [2.75, 3.05) is 0 Å².